The minimum absolute atomic E-state index is 0.117. The van der Waals surface area contributed by atoms with Crippen LogP contribution >= 0.6 is 0 Å². The first-order chi connectivity index (χ1) is 10.8. The molecule has 1 atom stereocenters. The van der Waals surface area contributed by atoms with Crippen molar-refractivity contribution >= 4 is 10.9 Å². The normalized spacial score (nSPS) is 16.8. The number of benzene rings is 2. The van der Waals surface area contributed by atoms with Crippen LogP contribution in [0.4, 0.5) is 4.39 Å². The van der Waals surface area contributed by atoms with Gasteiger partial charge in [-0.2, -0.15) is 0 Å². The van der Waals surface area contributed by atoms with Gasteiger partial charge in [0.1, 0.15) is 5.82 Å². The number of hydrogen-bond donors (Lipinski definition) is 2. The number of nitrogens with one attached hydrogen (secondary N) is 2. The van der Waals surface area contributed by atoms with Crippen molar-refractivity contribution in [3.63, 3.8) is 0 Å². The number of halogens is 1. The van der Waals surface area contributed by atoms with E-state index in [2.05, 4.69) is 28.5 Å². The van der Waals surface area contributed by atoms with Crippen molar-refractivity contribution in [2.45, 2.75) is 26.3 Å². The van der Waals surface area contributed by atoms with Crippen LogP contribution in [0.2, 0.25) is 0 Å². The van der Waals surface area contributed by atoms with Gasteiger partial charge in [0, 0.05) is 23.1 Å². The fourth-order valence-electron chi connectivity index (χ4n) is 3.12. The lowest BCUT2D eigenvalue weighted by molar-refractivity contribution is 0.558. The lowest BCUT2D eigenvalue weighted by Gasteiger charge is -2.24. The van der Waals surface area contributed by atoms with Gasteiger partial charge in [-0.05, 0) is 35.7 Å². The van der Waals surface area contributed by atoms with Crippen LogP contribution in [0.15, 0.2) is 48.5 Å². The van der Waals surface area contributed by atoms with Gasteiger partial charge in [0.15, 0.2) is 0 Å². The van der Waals surface area contributed by atoms with Gasteiger partial charge in [-0.25, -0.2) is 4.39 Å². The standard InChI is InChI=1S/C17H15FN2.C2H6/c18-12-7-5-11(6-8-12)16-17-14(9-10-19-16)13-3-1-2-4-15(13)20-17;1-2/h1-8,16,19-20H,9-10H2;1-2H3. The first-order valence-corrected chi connectivity index (χ1v) is 7.91. The fraction of sp³-hybridized carbons (Fsp3) is 0.263. The Morgan fingerprint density at radius 2 is 1.73 bits per heavy atom. The highest BCUT2D eigenvalue weighted by Crippen LogP contribution is 2.33. The predicted molar refractivity (Wildman–Crippen MR) is 89.6 cm³/mol. The maximum Gasteiger partial charge on any atom is 0.123 e. The molecule has 2 aromatic carbocycles. The predicted octanol–water partition coefficient (Wildman–Crippen LogP) is 4.57. The molecule has 0 saturated carbocycles. The molecule has 2 heterocycles. The summed E-state index contributed by atoms with van der Waals surface area (Å²) >= 11 is 0. The SMILES string of the molecule is CC.Fc1ccc(C2NCCc3c2[nH]c2ccccc32)cc1. The van der Waals surface area contributed by atoms with E-state index in [4.69, 9.17) is 0 Å². The van der Waals surface area contributed by atoms with E-state index in [1.165, 1.54) is 34.3 Å². The molecule has 0 fully saturated rings. The van der Waals surface area contributed by atoms with Crippen LogP contribution in [-0.4, -0.2) is 11.5 Å². The van der Waals surface area contributed by atoms with Crippen LogP contribution in [0.1, 0.15) is 36.7 Å². The van der Waals surface area contributed by atoms with Gasteiger partial charge in [-0.3, -0.25) is 0 Å². The molecular weight excluding hydrogens is 275 g/mol. The summed E-state index contributed by atoms with van der Waals surface area (Å²) in [4.78, 5) is 3.52. The Balaban J connectivity index is 0.000000693. The van der Waals surface area contributed by atoms with Crippen LogP contribution in [0.5, 0.6) is 0 Å². The van der Waals surface area contributed by atoms with Gasteiger partial charge in [-0.1, -0.05) is 44.2 Å². The topological polar surface area (TPSA) is 27.8 Å². The Bertz CT molecular complexity index is 759. The molecule has 1 aromatic heterocycles. The molecule has 3 aromatic rings. The molecule has 4 rings (SSSR count). The molecule has 3 heteroatoms. The van der Waals surface area contributed by atoms with E-state index in [1.807, 2.05) is 32.0 Å². The minimum atomic E-state index is -0.193. The number of H-pyrrole nitrogens is 1. The smallest absolute Gasteiger partial charge is 0.123 e. The molecule has 114 valence electrons. The Kier molecular flexibility index (Phi) is 4.25. The van der Waals surface area contributed by atoms with Crippen LogP contribution in [0.3, 0.4) is 0 Å². The molecule has 1 unspecified atom stereocenters. The largest absolute Gasteiger partial charge is 0.357 e. The third kappa shape index (κ3) is 2.53. The highest BCUT2D eigenvalue weighted by molar-refractivity contribution is 5.85. The summed E-state index contributed by atoms with van der Waals surface area (Å²) in [6.07, 6.45) is 1.02. The quantitative estimate of drug-likeness (QED) is 0.676. The third-order valence-corrected chi connectivity index (χ3v) is 4.06. The van der Waals surface area contributed by atoms with Crippen LogP contribution in [0.25, 0.3) is 10.9 Å². The van der Waals surface area contributed by atoms with Crippen molar-refractivity contribution in [2.24, 2.45) is 0 Å². The number of fused-ring (bicyclic) bond motifs is 3. The zero-order chi connectivity index (χ0) is 15.5. The Hall–Kier alpha value is -2.13. The highest BCUT2D eigenvalue weighted by atomic mass is 19.1. The maximum absolute atomic E-state index is 13.1. The molecule has 0 saturated heterocycles. The average molecular weight is 296 g/mol. The van der Waals surface area contributed by atoms with E-state index in [0.717, 1.165) is 18.5 Å². The van der Waals surface area contributed by atoms with Gasteiger partial charge in [0.25, 0.3) is 0 Å². The Labute approximate surface area is 130 Å². The summed E-state index contributed by atoms with van der Waals surface area (Å²) in [6.45, 7) is 4.94. The molecule has 2 N–H and O–H groups in total. The lowest BCUT2D eigenvalue weighted by atomic mass is 9.94. The first-order valence-electron chi connectivity index (χ1n) is 7.91. The van der Waals surface area contributed by atoms with Crippen molar-refractivity contribution in [1.82, 2.24) is 10.3 Å². The number of aromatic nitrogens is 1. The molecule has 1 aliphatic heterocycles. The third-order valence-electron chi connectivity index (χ3n) is 4.06. The molecule has 0 radical (unpaired) electrons. The Morgan fingerprint density at radius 3 is 2.50 bits per heavy atom. The second kappa shape index (κ2) is 6.32. The average Bonchev–Trinajstić information content (AvgIpc) is 2.96. The summed E-state index contributed by atoms with van der Waals surface area (Å²) in [7, 11) is 0. The van der Waals surface area contributed by atoms with Crippen LogP contribution < -0.4 is 5.32 Å². The summed E-state index contributed by atoms with van der Waals surface area (Å²) in [5, 5.41) is 4.82. The highest BCUT2D eigenvalue weighted by Gasteiger charge is 2.24. The van der Waals surface area contributed by atoms with Gasteiger partial charge in [-0.15, -0.1) is 0 Å². The molecule has 0 aliphatic carbocycles. The monoisotopic (exact) mass is 296 g/mol. The van der Waals surface area contributed by atoms with Gasteiger partial charge in [0.05, 0.1) is 6.04 Å². The number of hydrogen-bond acceptors (Lipinski definition) is 1. The van der Waals surface area contributed by atoms with E-state index in [-0.39, 0.29) is 11.9 Å². The first kappa shape index (κ1) is 14.8. The van der Waals surface area contributed by atoms with Crippen molar-refractivity contribution in [3.05, 3.63) is 71.2 Å². The number of aromatic amines is 1. The summed E-state index contributed by atoms with van der Waals surface area (Å²) in [6, 6.07) is 15.3. The molecular formula is C19H21FN2. The second-order valence-corrected chi connectivity index (χ2v) is 5.25. The van der Waals surface area contributed by atoms with Crippen LogP contribution in [0, 0.1) is 5.82 Å². The molecule has 0 bridgehead atoms. The van der Waals surface area contributed by atoms with E-state index >= 15 is 0 Å². The molecule has 0 amide bonds. The molecule has 0 spiro atoms. The van der Waals surface area contributed by atoms with Crippen LogP contribution in [-0.2, 0) is 6.42 Å². The zero-order valence-electron chi connectivity index (χ0n) is 13.0. The second-order valence-electron chi connectivity index (χ2n) is 5.25. The van der Waals surface area contributed by atoms with Gasteiger partial charge < -0.3 is 10.3 Å². The summed E-state index contributed by atoms with van der Waals surface area (Å²) in [5.41, 5.74) is 4.87. The van der Waals surface area contributed by atoms with Gasteiger partial charge >= 0.3 is 0 Å². The number of rotatable bonds is 1. The van der Waals surface area contributed by atoms with Crippen molar-refractivity contribution < 1.29 is 4.39 Å². The summed E-state index contributed by atoms with van der Waals surface area (Å²) in [5.74, 6) is -0.193. The minimum Gasteiger partial charge on any atom is -0.357 e. The fourth-order valence-corrected chi connectivity index (χ4v) is 3.12. The number of para-hydroxylation sites is 1. The van der Waals surface area contributed by atoms with Crippen molar-refractivity contribution in [2.75, 3.05) is 6.54 Å². The van der Waals surface area contributed by atoms with Crippen molar-refractivity contribution in [1.29, 1.82) is 0 Å². The van der Waals surface area contributed by atoms with E-state index in [0.29, 0.717) is 0 Å². The Morgan fingerprint density at radius 1 is 1.00 bits per heavy atom. The van der Waals surface area contributed by atoms with E-state index in [1.54, 1.807) is 0 Å². The summed E-state index contributed by atoms with van der Waals surface area (Å²) < 4.78 is 13.1. The van der Waals surface area contributed by atoms with Gasteiger partial charge in [0.2, 0.25) is 0 Å². The molecule has 2 nitrogen and oxygen atoms in total. The molecule has 1 aliphatic rings. The zero-order valence-corrected chi connectivity index (χ0v) is 13.0. The lowest BCUT2D eigenvalue weighted by Crippen LogP contribution is -2.30. The van der Waals surface area contributed by atoms with E-state index in [9.17, 15) is 4.39 Å². The van der Waals surface area contributed by atoms with E-state index < -0.39 is 0 Å². The maximum atomic E-state index is 13.1. The molecule has 22 heavy (non-hydrogen) atoms. The van der Waals surface area contributed by atoms with Crippen molar-refractivity contribution in [3.8, 4) is 0 Å².